The number of rotatable bonds is 18. The molecule has 3 aliphatic heterocycles. The maximum atomic E-state index is 14.8. The second-order valence-corrected chi connectivity index (χ2v) is 16.5. The molecule has 13 nitrogen and oxygen atoms in total. The lowest BCUT2D eigenvalue weighted by Gasteiger charge is -2.49. The molecule has 0 radical (unpaired) electrons. The molecule has 2 bridgehead atoms. The number of aliphatic hydroxyl groups excluding tert-OH is 1. The summed E-state index contributed by atoms with van der Waals surface area (Å²) in [6.45, 7) is 9.35. The Morgan fingerprint density at radius 3 is 2.39 bits per heavy atom. The number of hydrogen-bond acceptors (Lipinski definition) is 11. The van der Waals surface area contributed by atoms with Crippen molar-refractivity contribution in [2.24, 2.45) is 5.41 Å². The summed E-state index contributed by atoms with van der Waals surface area (Å²) in [6, 6.07) is 5.62. The summed E-state index contributed by atoms with van der Waals surface area (Å²) in [5.41, 5.74) is -0.541. The van der Waals surface area contributed by atoms with Gasteiger partial charge in [0.05, 0.1) is 19.2 Å². The highest BCUT2D eigenvalue weighted by Gasteiger charge is 2.76. The standard InChI is InChI=1S/C41H61N3O10/c1-8-10-12-21-40(22-13-11-9-2)52-33-30-24-41(38(49)42-29(26-45)18-20-32(47)51-39(3,4)5)35(37(48)50-30)44(54-36(41)34(33)53-40)25-28-16-14-15-27(23-28)17-19-31(46)43(6)7/h14-17,19,23,29-30,33-36,45H,8-13,18,20-22,24-26H2,1-7H3,(H,42,49)/t29-,30?,33-,34-,35-,36+,41?/m0/s1. The van der Waals surface area contributed by atoms with Crippen molar-refractivity contribution in [3.05, 3.63) is 41.5 Å². The van der Waals surface area contributed by atoms with Crippen LogP contribution in [0.2, 0.25) is 0 Å². The zero-order valence-corrected chi connectivity index (χ0v) is 33.1. The Kier molecular flexibility index (Phi) is 13.6. The number of nitrogens with zero attached hydrogens (tertiary/aromatic N) is 2. The molecule has 2 unspecified atom stereocenters. The van der Waals surface area contributed by atoms with E-state index in [1.165, 1.54) is 16.0 Å². The minimum Gasteiger partial charge on any atom is -0.460 e. The van der Waals surface area contributed by atoms with Gasteiger partial charge in [0.15, 0.2) is 11.8 Å². The second kappa shape index (κ2) is 17.6. The highest BCUT2D eigenvalue weighted by Crippen LogP contribution is 2.58. The molecule has 3 heterocycles. The summed E-state index contributed by atoms with van der Waals surface area (Å²) >= 11 is 0. The maximum absolute atomic E-state index is 14.8. The van der Waals surface area contributed by atoms with E-state index in [9.17, 15) is 24.3 Å². The predicted molar refractivity (Wildman–Crippen MR) is 200 cm³/mol. The minimum atomic E-state index is -1.44. The average molecular weight is 756 g/mol. The Balaban J connectivity index is 1.47. The third kappa shape index (κ3) is 9.35. The van der Waals surface area contributed by atoms with E-state index in [4.69, 9.17) is 23.8 Å². The smallest absolute Gasteiger partial charge is 0.327 e. The molecule has 300 valence electrons. The summed E-state index contributed by atoms with van der Waals surface area (Å²) in [4.78, 5) is 62.0. The molecular weight excluding hydrogens is 694 g/mol. The Hall–Kier alpha value is -3.36. The van der Waals surface area contributed by atoms with Crippen LogP contribution >= 0.6 is 0 Å². The highest BCUT2D eigenvalue weighted by molar-refractivity contribution is 5.94. The molecule has 1 aliphatic carbocycles. The van der Waals surface area contributed by atoms with Crippen LogP contribution in [0.25, 0.3) is 6.08 Å². The van der Waals surface area contributed by atoms with Gasteiger partial charge in [0, 0.05) is 45.9 Å². The summed E-state index contributed by atoms with van der Waals surface area (Å²) < 4.78 is 25.4. The van der Waals surface area contributed by atoms with Crippen molar-refractivity contribution in [2.75, 3.05) is 20.7 Å². The number of hydroxylamine groups is 2. The van der Waals surface area contributed by atoms with Gasteiger partial charge in [-0.05, 0) is 57.2 Å². The van der Waals surface area contributed by atoms with Crippen molar-refractivity contribution in [3.63, 3.8) is 0 Å². The molecule has 7 atom stereocenters. The number of likely N-dealkylation sites (N-methyl/N-ethyl adjacent to an activating group) is 1. The summed E-state index contributed by atoms with van der Waals surface area (Å²) in [7, 11) is 3.36. The highest BCUT2D eigenvalue weighted by atomic mass is 16.8. The van der Waals surface area contributed by atoms with E-state index in [0.717, 1.165) is 49.7 Å². The lowest BCUT2D eigenvalue weighted by molar-refractivity contribution is -0.224. The second-order valence-electron chi connectivity index (χ2n) is 16.5. The van der Waals surface area contributed by atoms with Crippen molar-refractivity contribution in [2.45, 2.75) is 160 Å². The Morgan fingerprint density at radius 2 is 1.76 bits per heavy atom. The lowest BCUT2D eigenvalue weighted by Crippen LogP contribution is -2.70. The summed E-state index contributed by atoms with van der Waals surface area (Å²) in [6.07, 6.45) is 7.74. The lowest BCUT2D eigenvalue weighted by atomic mass is 9.62. The number of carbonyl (C=O) groups is 4. The van der Waals surface area contributed by atoms with Crippen molar-refractivity contribution in [1.82, 2.24) is 15.3 Å². The molecule has 2 N–H and O–H groups in total. The number of esters is 2. The van der Waals surface area contributed by atoms with Gasteiger partial charge in [-0.2, -0.15) is 5.06 Å². The van der Waals surface area contributed by atoms with Gasteiger partial charge in [-0.15, -0.1) is 0 Å². The molecular formula is C41H61N3O10. The first-order valence-corrected chi connectivity index (χ1v) is 19.8. The van der Waals surface area contributed by atoms with Crippen LogP contribution in [0.1, 0.15) is 116 Å². The first kappa shape index (κ1) is 41.8. The van der Waals surface area contributed by atoms with Crippen molar-refractivity contribution >= 4 is 29.8 Å². The van der Waals surface area contributed by atoms with Gasteiger partial charge in [-0.1, -0.05) is 63.8 Å². The molecule has 4 aliphatic rings. The topological polar surface area (TPSA) is 153 Å². The first-order valence-electron chi connectivity index (χ1n) is 19.8. The zero-order valence-electron chi connectivity index (χ0n) is 33.1. The average Bonchev–Trinajstić information content (AvgIpc) is 3.67. The number of nitrogens with one attached hydrogen (secondary N) is 1. The molecule has 54 heavy (non-hydrogen) atoms. The molecule has 2 amide bonds. The third-order valence-corrected chi connectivity index (χ3v) is 10.8. The van der Waals surface area contributed by atoms with Gasteiger partial charge in [-0.3, -0.25) is 24.0 Å². The van der Waals surface area contributed by atoms with E-state index in [0.29, 0.717) is 12.8 Å². The fourth-order valence-corrected chi connectivity index (χ4v) is 8.20. The molecule has 1 saturated carbocycles. The van der Waals surface area contributed by atoms with E-state index in [1.807, 2.05) is 24.3 Å². The number of carbonyl (C=O) groups excluding carboxylic acids is 4. The molecule has 13 heteroatoms. The van der Waals surface area contributed by atoms with Gasteiger partial charge in [0.1, 0.15) is 35.4 Å². The van der Waals surface area contributed by atoms with Gasteiger partial charge < -0.3 is 34.3 Å². The van der Waals surface area contributed by atoms with E-state index in [1.54, 1.807) is 40.9 Å². The Labute approximate surface area is 320 Å². The van der Waals surface area contributed by atoms with Crippen LogP contribution < -0.4 is 5.32 Å². The van der Waals surface area contributed by atoms with E-state index in [-0.39, 0.29) is 31.7 Å². The zero-order chi connectivity index (χ0) is 39.3. The van der Waals surface area contributed by atoms with Crippen molar-refractivity contribution in [1.29, 1.82) is 0 Å². The molecule has 4 fully saturated rings. The summed E-state index contributed by atoms with van der Waals surface area (Å²) in [5.74, 6) is -2.56. The van der Waals surface area contributed by atoms with Crippen molar-refractivity contribution < 1.29 is 48.1 Å². The molecule has 1 aromatic carbocycles. The number of ether oxygens (including phenoxy) is 4. The number of fused-ring (bicyclic) bond motifs is 4. The first-order chi connectivity index (χ1) is 25.6. The molecule has 3 saturated heterocycles. The van der Waals surface area contributed by atoms with Gasteiger partial charge in [-0.25, -0.2) is 0 Å². The molecule has 0 aromatic heterocycles. The SMILES string of the molecule is CCCCCC1(CCCCC)O[C@@H]2[C@H]3ON(Cc4cccc(C=CC(=O)N(C)C)c4)[C@H]4C(=O)OC(CC34C(=O)N[C@H](CO)CCC(=O)OC(C)(C)C)[C@@H]2O1. The largest absolute Gasteiger partial charge is 0.460 e. The van der Waals surface area contributed by atoms with Crippen LogP contribution in [0.5, 0.6) is 0 Å². The number of unbranched alkanes of at least 4 members (excludes halogenated alkanes) is 4. The van der Waals surface area contributed by atoms with E-state index in [2.05, 4.69) is 19.2 Å². The number of benzene rings is 1. The van der Waals surface area contributed by atoms with Crippen LogP contribution in [-0.4, -0.2) is 107 Å². The van der Waals surface area contributed by atoms with Crippen LogP contribution in [0.4, 0.5) is 0 Å². The molecule has 5 rings (SSSR count). The number of hydrogen-bond donors (Lipinski definition) is 2. The summed E-state index contributed by atoms with van der Waals surface area (Å²) in [5, 5.41) is 14.9. The van der Waals surface area contributed by atoms with E-state index >= 15 is 0 Å². The van der Waals surface area contributed by atoms with Crippen LogP contribution in [0.3, 0.4) is 0 Å². The quantitative estimate of drug-likeness (QED) is 0.120. The fraction of sp³-hybridized carbons (Fsp3) is 0.707. The monoisotopic (exact) mass is 755 g/mol. The predicted octanol–water partition coefficient (Wildman–Crippen LogP) is 4.83. The molecule has 1 aromatic rings. The fourth-order valence-electron chi connectivity index (χ4n) is 8.20. The normalized spacial score (nSPS) is 27.7. The third-order valence-electron chi connectivity index (χ3n) is 10.8. The minimum absolute atomic E-state index is 0.0134. The van der Waals surface area contributed by atoms with E-state index < -0.39 is 77.8 Å². The maximum Gasteiger partial charge on any atom is 0.327 e. The van der Waals surface area contributed by atoms with Crippen LogP contribution in [-0.2, 0) is 49.5 Å². The van der Waals surface area contributed by atoms with Gasteiger partial charge in [0.2, 0.25) is 11.8 Å². The van der Waals surface area contributed by atoms with Crippen molar-refractivity contribution in [3.8, 4) is 0 Å². The Bertz CT molecular complexity index is 1510. The van der Waals surface area contributed by atoms with Crippen LogP contribution in [0, 0.1) is 5.41 Å². The Morgan fingerprint density at radius 1 is 1.07 bits per heavy atom. The van der Waals surface area contributed by atoms with Gasteiger partial charge in [0.25, 0.3) is 0 Å². The van der Waals surface area contributed by atoms with Crippen LogP contribution in [0.15, 0.2) is 30.3 Å². The number of aliphatic hydroxyl groups is 1. The number of amides is 2. The van der Waals surface area contributed by atoms with Gasteiger partial charge >= 0.3 is 11.9 Å². The molecule has 0 spiro atoms.